The Hall–Kier alpha value is -0.570. The van der Waals surface area contributed by atoms with Crippen molar-refractivity contribution in [1.82, 2.24) is 15.0 Å². The Kier molecular flexibility index (Phi) is 2.77. The van der Waals surface area contributed by atoms with Crippen LogP contribution < -0.4 is 0 Å². The third kappa shape index (κ3) is 1.65. The molecule has 4 heteroatoms. The lowest BCUT2D eigenvalue weighted by Gasteiger charge is -2.12. The Morgan fingerprint density at radius 1 is 1.57 bits per heavy atom. The van der Waals surface area contributed by atoms with Crippen molar-refractivity contribution in [2.75, 3.05) is 0 Å². The third-order valence-corrected chi connectivity index (χ3v) is 3.16. The van der Waals surface area contributed by atoms with E-state index in [1.807, 2.05) is 0 Å². The Balaban J connectivity index is 2.33. The van der Waals surface area contributed by atoms with E-state index in [4.69, 9.17) is 11.6 Å². The molecule has 0 saturated heterocycles. The molecule has 1 fully saturated rings. The molecule has 1 aromatic rings. The largest absolute Gasteiger partial charge is 0.246 e. The number of alkyl halides is 1. The maximum atomic E-state index is 5.85. The van der Waals surface area contributed by atoms with Crippen LogP contribution in [0.25, 0.3) is 0 Å². The summed E-state index contributed by atoms with van der Waals surface area (Å²) in [5, 5.41) is 8.35. The molecular formula is C10H16ClN3. The highest BCUT2D eigenvalue weighted by Crippen LogP contribution is 2.42. The van der Waals surface area contributed by atoms with Gasteiger partial charge < -0.3 is 0 Å². The highest BCUT2D eigenvalue weighted by atomic mass is 35.5. The van der Waals surface area contributed by atoms with Crippen molar-refractivity contribution in [3.05, 3.63) is 11.4 Å². The first kappa shape index (κ1) is 9.97. The minimum Gasteiger partial charge on any atom is -0.246 e. The molecule has 0 aliphatic heterocycles. The van der Waals surface area contributed by atoms with Crippen molar-refractivity contribution in [2.24, 2.45) is 0 Å². The molecule has 1 heterocycles. The molecular weight excluding hydrogens is 198 g/mol. The molecule has 0 radical (unpaired) electrons. The first-order valence-corrected chi connectivity index (χ1v) is 5.81. The summed E-state index contributed by atoms with van der Waals surface area (Å²) in [7, 11) is 0. The fourth-order valence-corrected chi connectivity index (χ4v) is 1.90. The van der Waals surface area contributed by atoms with Crippen molar-refractivity contribution in [3.8, 4) is 0 Å². The lowest BCUT2D eigenvalue weighted by Crippen LogP contribution is -2.09. The molecule has 14 heavy (non-hydrogen) atoms. The molecule has 0 bridgehead atoms. The van der Waals surface area contributed by atoms with E-state index in [0.717, 1.165) is 12.1 Å². The van der Waals surface area contributed by atoms with E-state index < -0.39 is 0 Å². The summed E-state index contributed by atoms with van der Waals surface area (Å²) in [5.41, 5.74) is 2.27. The fourth-order valence-electron chi connectivity index (χ4n) is 1.71. The minimum atomic E-state index is 0.440. The molecule has 1 aliphatic carbocycles. The van der Waals surface area contributed by atoms with Crippen LogP contribution in [0.2, 0.25) is 0 Å². The number of rotatable bonds is 4. The summed E-state index contributed by atoms with van der Waals surface area (Å²) in [4.78, 5) is 0. The second kappa shape index (κ2) is 3.89. The van der Waals surface area contributed by atoms with Crippen LogP contribution in [-0.2, 0) is 5.88 Å². The van der Waals surface area contributed by atoms with Gasteiger partial charge in [0, 0.05) is 5.92 Å². The Bertz CT molecular complexity index is 317. The number of hydrogen-bond acceptors (Lipinski definition) is 2. The average molecular weight is 214 g/mol. The molecule has 1 aromatic heterocycles. The molecule has 1 unspecified atom stereocenters. The zero-order valence-corrected chi connectivity index (χ0v) is 9.46. The van der Waals surface area contributed by atoms with Crippen LogP contribution in [-0.4, -0.2) is 15.0 Å². The van der Waals surface area contributed by atoms with Crippen LogP contribution in [0.3, 0.4) is 0 Å². The number of hydrogen-bond donors (Lipinski definition) is 0. The van der Waals surface area contributed by atoms with Crippen molar-refractivity contribution in [2.45, 2.75) is 50.9 Å². The Labute approximate surface area is 89.4 Å². The predicted octanol–water partition coefficient (Wildman–Crippen LogP) is 2.87. The number of nitrogens with zero attached hydrogens (tertiary/aromatic N) is 3. The molecule has 1 saturated carbocycles. The van der Waals surface area contributed by atoms with Gasteiger partial charge in [-0.2, -0.15) is 0 Å². The van der Waals surface area contributed by atoms with Crippen LogP contribution in [0, 0.1) is 0 Å². The normalized spacial score (nSPS) is 18.5. The first-order chi connectivity index (χ1) is 6.77. The lowest BCUT2D eigenvalue weighted by atomic mass is 10.2. The summed E-state index contributed by atoms with van der Waals surface area (Å²) in [5.74, 6) is 1.16. The highest BCUT2D eigenvalue weighted by molar-refractivity contribution is 6.16. The fraction of sp³-hybridized carbons (Fsp3) is 0.800. The molecule has 0 aromatic carbocycles. The van der Waals surface area contributed by atoms with E-state index >= 15 is 0 Å². The molecule has 78 valence electrons. The molecule has 2 rings (SSSR count). The van der Waals surface area contributed by atoms with Gasteiger partial charge in [-0.05, 0) is 26.2 Å². The monoisotopic (exact) mass is 213 g/mol. The molecule has 0 amide bonds. The Morgan fingerprint density at radius 2 is 2.29 bits per heavy atom. The minimum absolute atomic E-state index is 0.440. The van der Waals surface area contributed by atoms with Gasteiger partial charge in [0.25, 0.3) is 0 Å². The topological polar surface area (TPSA) is 30.7 Å². The summed E-state index contributed by atoms with van der Waals surface area (Å²) in [6.07, 6.45) is 3.63. The number of halogens is 1. The molecule has 1 aliphatic rings. The van der Waals surface area contributed by atoms with Gasteiger partial charge in [-0.1, -0.05) is 12.1 Å². The zero-order chi connectivity index (χ0) is 10.1. The van der Waals surface area contributed by atoms with Crippen LogP contribution in [0.15, 0.2) is 0 Å². The zero-order valence-electron chi connectivity index (χ0n) is 8.70. The SMILES string of the molecule is CCC(C)n1nnc(CCl)c1C1CC1. The maximum Gasteiger partial charge on any atom is 0.101 e. The highest BCUT2D eigenvalue weighted by Gasteiger charge is 2.31. The van der Waals surface area contributed by atoms with E-state index in [1.165, 1.54) is 18.5 Å². The summed E-state index contributed by atoms with van der Waals surface area (Å²) >= 11 is 5.85. The Morgan fingerprint density at radius 3 is 2.79 bits per heavy atom. The van der Waals surface area contributed by atoms with Gasteiger partial charge in [-0.3, -0.25) is 0 Å². The van der Waals surface area contributed by atoms with Gasteiger partial charge in [-0.15, -0.1) is 16.7 Å². The van der Waals surface area contributed by atoms with Gasteiger partial charge in [0.1, 0.15) is 5.69 Å². The molecule has 0 N–H and O–H groups in total. The maximum absolute atomic E-state index is 5.85. The van der Waals surface area contributed by atoms with Gasteiger partial charge in [0.2, 0.25) is 0 Å². The van der Waals surface area contributed by atoms with Crippen LogP contribution >= 0.6 is 11.6 Å². The summed E-state index contributed by atoms with van der Waals surface area (Å²) < 4.78 is 2.06. The summed E-state index contributed by atoms with van der Waals surface area (Å²) in [6, 6.07) is 0.440. The average Bonchev–Trinajstić information content (AvgIpc) is 2.96. The van der Waals surface area contributed by atoms with Gasteiger partial charge in [0.05, 0.1) is 17.6 Å². The van der Waals surface area contributed by atoms with Crippen molar-refractivity contribution in [1.29, 1.82) is 0 Å². The first-order valence-electron chi connectivity index (χ1n) is 5.27. The van der Waals surface area contributed by atoms with Crippen LogP contribution in [0.5, 0.6) is 0 Å². The second-order valence-electron chi connectivity index (χ2n) is 4.03. The van der Waals surface area contributed by atoms with E-state index in [2.05, 4.69) is 28.8 Å². The predicted molar refractivity (Wildman–Crippen MR) is 56.6 cm³/mol. The molecule has 0 spiro atoms. The van der Waals surface area contributed by atoms with Crippen molar-refractivity contribution in [3.63, 3.8) is 0 Å². The quantitative estimate of drug-likeness (QED) is 0.721. The van der Waals surface area contributed by atoms with Gasteiger partial charge >= 0.3 is 0 Å². The summed E-state index contributed by atoms with van der Waals surface area (Å²) in [6.45, 7) is 4.35. The molecule has 1 atom stereocenters. The third-order valence-electron chi connectivity index (χ3n) is 2.90. The lowest BCUT2D eigenvalue weighted by molar-refractivity contribution is 0.448. The van der Waals surface area contributed by atoms with E-state index in [-0.39, 0.29) is 0 Å². The van der Waals surface area contributed by atoms with Gasteiger partial charge in [-0.25, -0.2) is 4.68 Å². The van der Waals surface area contributed by atoms with E-state index in [0.29, 0.717) is 17.8 Å². The van der Waals surface area contributed by atoms with Gasteiger partial charge in [0.15, 0.2) is 0 Å². The number of aromatic nitrogens is 3. The van der Waals surface area contributed by atoms with E-state index in [9.17, 15) is 0 Å². The van der Waals surface area contributed by atoms with Crippen LogP contribution in [0.4, 0.5) is 0 Å². The second-order valence-corrected chi connectivity index (χ2v) is 4.30. The van der Waals surface area contributed by atoms with Crippen LogP contribution in [0.1, 0.15) is 56.5 Å². The standard InChI is InChI=1S/C10H16ClN3/c1-3-7(2)14-10(8-4-5-8)9(6-11)12-13-14/h7-8H,3-6H2,1-2H3. The molecule has 3 nitrogen and oxygen atoms in total. The van der Waals surface area contributed by atoms with Crippen molar-refractivity contribution >= 4 is 11.6 Å². The van der Waals surface area contributed by atoms with E-state index in [1.54, 1.807) is 0 Å². The smallest absolute Gasteiger partial charge is 0.101 e. The van der Waals surface area contributed by atoms with Crippen molar-refractivity contribution < 1.29 is 0 Å².